The van der Waals surface area contributed by atoms with Gasteiger partial charge in [-0.1, -0.05) is 31.6 Å². The van der Waals surface area contributed by atoms with Crippen LogP contribution < -0.4 is 10.6 Å². The number of nitrogen functional groups attached to an aromatic ring is 1. The molecule has 2 aromatic rings. The van der Waals surface area contributed by atoms with Gasteiger partial charge in [-0.05, 0) is 70.5 Å². The van der Waals surface area contributed by atoms with E-state index in [2.05, 4.69) is 107 Å². The van der Waals surface area contributed by atoms with Crippen LogP contribution in [0.5, 0.6) is 0 Å². The predicted molar refractivity (Wildman–Crippen MR) is 134 cm³/mol. The monoisotopic (exact) mass is 414 g/mol. The minimum absolute atomic E-state index is 0.0145. The third-order valence-electron chi connectivity index (χ3n) is 7.10. The van der Waals surface area contributed by atoms with Gasteiger partial charge in [0.2, 0.25) is 5.69 Å². The summed E-state index contributed by atoms with van der Waals surface area (Å²) >= 11 is 0. The summed E-state index contributed by atoms with van der Waals surface area (Å²) in [7, 11) is 0. The number of hydrogen-bond acceptors (Lipinski definition) is 2. The first-order valence-electron chi connectivity index (χ1n) is 11.4. The Morgan fingerprint density at radius 1 is 0.968 bits per heavy atom. The molecule has 3 nitrogen and oxygen atoms in total. The Kier molecular flexibility index (Phi) is 5.12. The number of rotatable bonds is 4. The average molecular weight is 415 g/mol. The molecular formula is C28H36N3+. The maximum atomic E-state index is 6.12. The summed E-state index contributed by atoms with van der Waals surface area (Å²) in [6.45, 7) is 17.8. The van der Waals surface area contributed by atoms with E-state index in [1.807, 2.05) is 6.07 Å². The van der Waals surface area contributed by atoms with Crippen molar-refractivity contribution >= 4 is 22.8 Å². The Hall–Kier alpha value is -2.81. The lowest BCUT2D eigenvalue weighted by Crippen LogP contribution is -2.28. The largest absolute Gasteiger partial charge is 0.399 e. The van der Waals surface area contributed by atoms with Gasteiger partial charge in [0.1, 0.15) is 6.54 Å². The van der Waals surface area contributed by atoms with Crippen molar-refractivity contribution in [3.05, 3.63) is 77.0 Å². The number of aryl methyl sites for hydroxylation is 1. The Labute approximate surface area is 187 Å². The van der Waals surface area contributed by atoms with Crippen LogP contribution in [0.3, 0.4) is 0 Å². The zero-order chi connectivity index (χ0) is 22.6. The minimum atomic E-state index is -0.0779. The third kappa shape index (κ3) is 3.22. The summed E-state index contributed by atoms with van der Waals surface area (Å²) in [5.74, 6) is 0. The maximum Gasteiger partial charge on any atom is 0.209 e. The quantitative estimate of drug-likeness (QED) is 0.475. The number of hydrogen-bond donors (Lipinski definition) is 1. The molecule has 2 N–H and O–H groups in total. The fraction of sp³-hybridized carbons (Fsp3) is 0.393. The number of benzene rings is 2. The van der Waals surface area contributed by atoms with Gasteiger partial charge >= 0.3 is 0 Å². The van der Waals surface area contributed by atoms with Crippen LogP contribution in [0.4, 0.5) is 17.1 Å². The zero-order valence-corrected chi connectivity index (χ0v) is 20.1. The van der Waals surface area contributed by atoms with E-state index in [0.29, 0.717) is 0 Å². The van der Waals surface area contributed by atoms with Crippen molar-refractivity contribution in [2.24, 2.45) is 0 Å². The van der Waals surface area contributed by atoms with Crippen molar-refractivity contribution in [2.75, 3.05) is 23.7 Å². The summed E-state index contributed by atoms with van der Waals surface area (Å²) in [6.07, 6.45) is 6.85. The molecule has 0 atom stereocenters. The van der Waals surface area contributed by atoms with Crippen molar-refractivity contribution in [1.82, 2.24) is 0 Å². The van der Waals surface area contributed by atoms with Crippen LogP contribution in [0.2, 0.25) is 0 Å². The second kappa shape index (κ2) is 7.40. The number of nitrogens with zero attached hydrogens (tertiary/aromatic N) is 2. The molecule has 0 radical (unpaired) electrons. The van der Waals surface area contributed by atoms with Gasteiger partial charge in [0, 0.05) is 46.7 Å². The highest BCUT2D eigenvalue weighted by atomic mass is 15.2. The van der Waals surface area contributed by atoms with Crippen LogP contribution in [0, 0.1) is 6.92 Å². The molecule has 0 bridgehead atoms. The van der Waals surface area contributed by atoms with Gasteiger partial charge in [0.25, 0.3) is 0 Å². The normalized spacial score (nSPS) is 20.1. The fourth-order valence-electron chi connectivity index (χ4n) is 5.39. The molecule has 0 unspecified atom stereocenters. The molecule has 2 aliphatic heterocycles. The number of fused-ring (bicyclic) bond motifs is 2. The molecule has 162 valence electrons. The second-order valence-electron chi connectivity index (χ2n) is 9.83. The van der Waals surface area contributed by atoms with E-state index in [0.717, 1.165) is 18.8 Å². The first-order chi connectivity index (χ1) is 14.6. The molecule has 31 heavy (non-hydrogen) atoms. The average Bonchev–Trinajstić information content (AvgIpc) is 3.06. The summed E-state index contributed by atoms with van der Waals surface area (Å²) in [6, 6.07) is 13.1. The summed E-state index contributed by atoms with van der Waals surface area (Å²) in [5, 5.41) is 0. The van der Waals surface area contributed by atoms with Crippen LogP contribution in [0.1, 0.15) is 58.2 Å². The molecule has 3 heteroatoms. The first kappa shape index (κ1) is 21.4. The lowest BCUT2D eigenvalue weighted by atomic mass is 9.80. The second-order valence-corrected chi connectivity index (χ2v) is 9.83. The summed E-state index contributed by atoms with van der Waals surface area (Å²) < 4.78 is 2.45. The molecule has 4 rings (SSSR count). The molecule has 2 aliphatic rings. The highest BCUT2D eigenvalue weighted by Gasteiger charge is 2.44. The molecule has 0 fully saturated rings. The molecule has 0 amide bonds. The highest BCUT2D eigenvalue weighted by molar-refractivity contribution is 6.03. The van der Waals surface area contributed by atoms with E-state index < -0.39 is 0 Å². The maximum absolute atomic E-state index is 6.12. The van der Waals surface area contributed by atoms with E-state index in [-0.39, 0.29) is 10.8 Å². The van der Waals surface area contributed by atoms with Gasteiger partial charge in [-0.2, -0.15) is 4.58 Å². The van der Waals surface area contributed by atoms with Crippen LogP contribution in [-0.2, 0) is 10.8 Å². The van der Waals surface area contributed by atoms with E-state index >= 15 is 0 Å². The molecule has 2 aromatic carbocycles. The van der Waals surface area contributed by atoms with Crippen molar-refractivity contribution < 1.29 is 4.58 Å². The Morgan fingerprint density at radius 2 is 1.71 bits per heavy atom. The van der Waals surface area contributed by atoms with E-state index in [9.17, 15) is 0 Å². The molecule has 0 aliphatic carbocycles. The topological polar surface area (TPSA) is 32.3 Å². The van der Waals surface area contributed by atoms with Crippen LogP contribution in [-0.4, -0.2) is 23.4 Å². The standard InChI is InChI=1S/C28H36N3/c1-8-30-23-15-13-19(3)17-21(23)27(4,5)25(30)11-10-12-26-28(6,7)22-18-20(29)14-16-24(22)31(26)9-2/h10-18H,8-9,29H2,1-7H3/q+1. The van der Waals surface area contributed by atoms with Crippen LogP contribution in [0.15, 0.2) is 60.3 Å². The van der Waals surface area contributed by atoms with Crippen LogP contribution in [0.25, 0.3) is 0 Å². The van der Waals surface area contributed by atoms with E-state index in [4.69, 9.17) is 5.73 Å². The smallest absolute Gasteiger partial charge is 0.209 e. The number of allylic oxidation sites excluding steroid dienone is 4. The lowest BCUT2D eigenvalue weighted by Gasteiger charge is -2.25. The van der Waals surface area contributed by atoms with E-state index in [1.54, 1.807) is 0 Å². The molecule has 0 spiro atoms. The van der Waals surface area contributed by atoms with Crippen molar-refractivity contribution in [1.29, 1.82) is 0 Å². The van der Waals surface area contributed by atoms with Gasteiger partial charge in [-0.3, -0.25) is 0 Å². The van der Waals surface area contributed by atoms with Gasteiger partial charge < -0.3 is 10.6 Å². The number of likely N-dealkylation sites (N-methyl/N-ethyl adjacent to an activating group) is 1. The van der Waals surface area contributed by atoms with Crippen molar-refractivity contribution in [3.63, 3.8) is 0 Å². The van der Waals surface area contributed by atoms with Crippen molar-refractivity contribution in [2.45, 2.75) is 59.3 Å². The third-order valence-corrected chi connectivity index (χ3v) is 7.10. The SMILES string of the molecule is CCN1/C(=C/C=C/C2=[N+](CC)c3ccc(C)cc3C2(C)C)C(C)(C)c2cc(N)ccc21. The van der Waals surface area contributed by atoms with Gasteiger partial charge in [-0.25, -0.2) is 0 Å². The molecule has 0 saturated heterocycles. The Morgan fingerprint density at radius 3 is 2.39 bits per heavy atom. The highest BCUT2D eigenvalue weighted by Crippen LogP contribution is 2.48. The Balaban J connectivity index is 1.75. The number of nitrogens with two attached hydrogens (primary N) is 1. The molecular weight excluding hydrogens is 378 g/mol. The fourth-order valence-corrected chi connectivity index (χ4v) is 5.39. The van der Waals surface area contributed by atoms with Crippen molar-refractivity contribution in [3.8, 4) is 0 Å². The van der Waals surface area contributed by atoms with E-state index in [1.165, 1.54) is 39.5 Å². The Bertz CT molecular complexity index is 1130. The van der Waals surface area contributed by atoms with Gasteiger partial charge in [0.05, 0.1) is 5.41 Å². The zero-order valence-electron chi connectivity index (χ0n) is 20.1. The van der Waals surface area contributed by atoms with Gasteiger partial charge in [0.15, 0.2) is 5.71 Å². The van der Waals surface area contributed by atoms with Crippen LogP contribution >= 0.6 is 0 Å². The lowest BCUT2D eigenvalue weighted by molar-refractivity contribution is -0.433. The minimum Gasteiger partial charge on any atom is -0.399 e. The molecule has 0 aromatic heterocycles. The van der Waals surface area contributed by atoms with Gasteiger partial charge in [-0.15, -0.1) is 0 Å². The molecule has 0 saturated carbocycles. The molecule has 2 heterocycles. The summed E-state index contributed by atoms with van der Waals surface area (Å²) in [4.78, 5) is 2.42. The first-order valence-corrected chi connectivity index (χ1v) is 11.4. The predicted octanol–water partition coefficient (Wildman–Crippen LogP) is 6.23. The number of anilines is 2. The summed E-state index contributed by atoms with van der Waals surface area (Å²) in [5.41, 5.74) is 16.2.